The van der Waals surface area contributed by atoms with Crippen molar-refractivity contribution in [2.75, 3.05) is 18.0 Å². The van der Waals surface area contributed by atoms with Crippen molar-refractivity contribution in [3.05, 3.63) is 23.9 Å². The zero-order valence-electron chi connectivity index (χ0n) is 9.28. The molecule has 0 aliphatic carbocycles. The predicted molar refractivity (Wildman–Crippen MR) is 64.3 cm³/mol. The van der Waals surface area contributed by atoms with E-state index in [4.69, 9.17) is 11.6 Å². The van der Waals surface area contributed by atoms with Crippen molar-refractivity contribution in [2.24, 2.45) is 11.8 Å². The van der Waals surface area contributed by atoms with Crippen molar-refractivity contribution in [1.29, 1.82) is 0 Å². The van der Waals surface area contributed by atoms with Crippen LogP contribution in [0.3, 0.4) is 0 Å². The summed E-state index contributed by atoms with van der Waals surface area (Å²) >= 11 is 5.82. The van der Waals surface area contributed by atoms with Crippen molar-refractivity contribution in [2.45, 2.75) is 19.7 Å². The minimum absolute atomic E-state index is 0.564. The number of hydrogen-bond acceptors (Lipinski definition) is 2. The summed E-state index contributed by atoms with van der Waals surface area (Å²) in [5, 5.41) is 0. The predicted octanol–water partition coefficient (Wildman–Crippen LogP) is 2.91. The number of aromatic nitrogens is 1. The van der Waals surface area contributed by atoms with Gasteiger partial charge in [0, 0.05) is 25.2 Å². The van der Waals surface area contributed by atoms with E-state index in [2.05, 4.69) is 29.8 Å². The van der Waals surface area contributed by atoms with Crippen LogP contribution in [0.4, 0.5) is 5.82 Å². The quantitative estimate of drug-likeness (QED) is 0.719. The van der Waals surface area contributed by atoms with E-state index in [1.807, 2.05) is 12.3 Å². The third kappa shape index (κ3) is 2.25. The molecule has 0 aromatic carbocycles. The molecule has 1 aromatic heterocycles. The van der Waals surface area contributed by atoms with E-state index in [1.54, 1.807) is 0 Å². The number of nitrogens with zero attached hydrogens (tertiary/aromatic N) is 2. The Bertz CT molecular complexity index is 330. The number of pyridine rings is 1. The van der Waals surface area contributed by atoms with Gasteiger partial charge in [-0.25, -0.2) is 4.98 Å². The van der Waals surface area contributed by atoms with Gasteiger partial charge in [0.25, 0.3) is 0 Å². The summed E-state index contributed by atoms with van der Waals surface area (Å²) in [5.74, 6) is 3.15. The average molecular weight is 225 g/mol. The molecule has 0 radical (unpaired) electrons. The molecule has 0 bridgehead atoms. The van der Waals surface area contributed by atoms with Gasteiger partial charge in [-0.15, -0.1) is 11.6 Å². The molecule has 2 unspecified atom stereocenters. The van der Waals surface area contributed by atoms with Gasteiger partial charge in [0.2, 0.25) is 0 Å². The summed E-state index contributed by atoms with van der Waals surface area (Å²) in [5.41, 5.74) is 1.15. The molecular formula is C12H17ClN2. The first-order chi connectivity index (χ1) is 7.20. The SMILES string of the molecule is CC1CN(c2cc(CCl)ccn2)CC1C. The largest absolute Gasteiger partial charge is 0.356 e. The van der Waals surface area contributed by atoms with Crippen LogP contribution < -0.4 is 4.90 Å². The van der Waals surface area contributed by atoms with Crippen LogP contribution in [0.25, 0.3) is 0 Å². The smallest absolute Gasteiger partial charge is 0.128 e. The van der Waals surface area contributed by atoms with Gasteiger partial charge in [0.15, 0.2) is 0 Å². The average Bonchev–Trinajstić information content (AvgIpc) is 2.59. The van der Waals surface area contributed by atoms with E-state index in [1.165, 1.54) is 0 Å². The first-order valence-corrected chi connectivity index (χ1v) is 6.00. The highest BCUT2D eigenvalue weighted by Crippen LogP contribution is 2.26. The van der Waals surface area contributed by atoms with E-state index >= 15 is 0 Å². The van der Waals surface area contributed by atoms with Crippen molar-refractivity contribution in [3.8, 4) is 0 Å². The molecular weight excluding hydrogens is 208 g/mol. The third-order valence-corrected chi connectivity index (χ3v) is 3.58. The molecule has 2 heterocycles. The van der Waals surface area contributed by atoms with Crippen LogP contribution in [-0.4, -0.2) is 18.1 Å². The molecule has 0 saturated carbocycles. The molecule has 15 heavy (non-hydrogen) atoms. The minimum atomic E-state index is 0.564. The Morgan fingerprint density at radius 3 is 2.67 bits per heavy atom. The van der Waals surface area contributed by atoms with E-state index in [0.717, 1.165) is 36.3 Å². The van der Waals surface area contributed by atoms with Crippen LogP contribution in [0.5, 0.6) is 0 Å². The summed E-state index contributed by atoms with van der Waals surface area (Å²) < 4.78 is 0. The summed E-state index contributed by atoms with van der Waals surface area (Å²) in [6.07, 6.45) is 1.85. The van der Waals surface area contributed by atoms with E-state index < -0.39 is 0 Å². The maximum Gasteiger partial charge on any atom is 0.128 e. The van der Waals surface area contributed by atoms with Crippen molar-refractivity contribution < 1.29 is 0 Å². The minimum Gasteiger partial charge on any atom is -0.356 e. The fourth-order valence-electron chi connectivity index (χ4n) is 2.03. The number of anilines is 1. The Labute approximate surface area is 96.3 Å². The number of halogens is 1. The lowest BCUT2D eigenvalue weighted by Crippen LogP contribution is -2.20. The number of alkyl halides is 1. The van der Waals surface area contributed by atoms with E-state index in [0.29, 0.717) is 5.88 Å². The fraction of sp³-hybridized carbons (Fsp3) is 0.583. The van der Waals surface area contributed by atoms with Gasteiger partial charge in [0.05, 0.1) is 0 Å². The van der Waals surface area contributed by atoms with Crippen LogP contribution >= 0.6 is 11.6 Å². The fourth-order valence-corrected chi connectivity index (χ4v) is 2.20. The molecule has 1 aromatic rings. The molecule has 82 valence electrons. The standard InChI is InChI=1S/C12H17ClN2/c1-9-7-15(8-10(9)2)12-5-11(6-13)3-4-14-12/h3-5,9-10H,6-8H2,1-2H3. The van der Waals surface area contributed by atoms with Crippen LogP contribution in [0, 0.1) is 11.8 Å². The lowest BCUT2D eigenvalue weighted by molar-refractivity contribution is 0.494. The lowest BCUT2D eigenvalue weighted by atomic mass is 10.0. The van der Waals surface area contributed by atoms with Crippen molar-refractivity contribution in [1.82, 2.24) is 4.98 Å². The third-order valence-electron chi connectivity index (χ3n) is 3.28. The molecule has 1 fully saturated rings. The van der Waals surface area contributed by atoms with Crippen molar-refractivity contribution in [3.63, 3.8) is 0 Å². The molecule has 0 amide bonds. The lowest BCUT2D eigenvalue weighted by Gasteiger charge is -2.17. The molecule has 0 spiro atoms. The van der Waals surface area contributed by atoms with Crippen LogP contribution in [0.2, 0.25) is 0 Å². The zero-order chi connectivity index (χ0) is 10.8. The van der Waals surface area contributed by atoms with Crippen LogP contribution in [0.15, 0.2) is 18.3 Å². The first-order valence-electron chi connectivity index (χ1n) is 5.46. The number of rotatable bonds is 2. The van der Waals surface area contributed by atoms with Gasteiger partial charge in [-0.1, -0.05) is 13.8 Å². The summed E-state index contributed by atoms with van der Waals surface area (Å²) in [4.78, 5) is 6.76. The van der Waals surface area contributed by atoms with Crippen LogP contribution in [-0.2, 0) is 5.88 Å². The Morgan fingerprint density at radius 1 is 1.40 bits per heavy atom. The van der Waals surface area contributed by atoms with Gasteiger partial charge in [-0.05, 0) is 29.5 Å². The van der Waals surface area contributed by atoms with Gasteiger partial charge in [0.1, 0.15) is 5.82 Å². The Balaban J connectivity index is 2.16. The highest BCUT2D eigenvalue weighted by atomic mass is 35.5. The molecule has 2 nitrogen and oxygen atoms in total. The van der Waals surface area contributed by atoms with Gasteiger partial charge < -0.3 is 4.90 Å². The monoisotopic (exact) mass is 224 g/mol. The molecule has 2 atom stereocenters. The maximum absolute atomic E-state index is 5.82. The summed E-state index contributed by atoms with van der Waals surface area (Å²) in [6.45, 7) is 6.83. The van der Waals surface area contributed by atoms with E-state index in [9.17, 15) is 0 Å². The zero-order valence-corrected chi connectivity index (χ0v) is 10.0. The summed E-state index contributed by atoms with van der Waals surface area (Å²) in [6, 6.07) is 4.07. The first kappa shape index (κ1) is 10.7. The second-order valence-corrected chi connectivity index (χ2v) is 4.78. The molecule has 1 aliphatic heterocycles. The highest BCUT2D eigenvalue weighted by molar-refractivity contribution is 6.17. The van der Waals surface area contributed by atoms with Gasteiger partial charge in [-0.3, -0.25) is 0 Å². The molecule has 1 aliphatic rings. The molecule has 0 N–H and O–H groups in total. The van der Waals surface area contributed by atoms with Crippen molar-refractivity contribution >= 4 is 17.4 Å². The topological polar surface area (TPSA) is 16.1 Å². The maximum atomic E-state index is 5.82. The Kier molecular flexibility index (Phi) is 3.15. The second-order valence-electron chi connectivity index (χ2n) is 4.52. The van der Waals surface area contributed by atoms with E-state index in [-0.39, 0.29) is 0 Å². The highest BCUT2D eigenvalue weighted by Gasteiger charge is 2.26. The second kappa shape index (κ2) is 4.40. The van der Waals surface area contributed by atoms with Crippen LogP contribution in [0.1, 0.15) is 19.4 Å². The summed E-state index contributed by atoms with van der Waals surface area (Å²) in [7, 11) is 0. The molecule has 1 saturated heterocycles. The Hall–Kier alpha value is -0.760. The normalized spacial score (nSPS) is 25.9. The Morgan fingerprint density at radius 2 is 2.07 bits per heavy atom. The molecule has 3 heteroatoms. The molecule has 2 rings (SSSR count). The van der Waals surface area contributed by atoms with Gasteiger partial charge >= 0.3 is 0 Å². The van der Waals surface area contributed by atoms with Gasteiger partial charge in [-0.2, -0.15) is 0 Å². The number of hydrogen-bond donors (Lipinski definition) is 0.